The molecule has 0 aromatic carbocycles. The molecule has 2 bridgehead atoms. The van der Waals surface area contributed by atoms with Crippen molar-refractivity contribution in [2.75, 3.05) is 0 Å². The molecular formula is C19H30O2. The minimum absolute atomic E-state index is 0.0933. The average Bonchev–Trinajstić information content (AvgIpc) is 3.08. The molecular weight excluding hydrogens is 260 g/mol. The standard InChI is InChI=1S/C19H30O2/c1-4-5-6-7-8-9-18(21-19(20)14(2)3)17-13-15-10-11-16(17)12-15/h10-11,15-18H,2,4-9,12-13H2,1,3H3. The zero-order valence-electron chi connectivity index (χ0n) is 13.6. The molecule has 0 aliphatic heterocycles. The van der Waals surface area contributed by atoms with E-state index in [1.807, 2.05) is 0 Å². The summed E-state index contributed by atoms with van der Waals surface area (Å²) in [6, 6.07) is 0. The van der Waals surface area contributed by atoms with Crippen LogP contribution in [0.5, 0.6) is 0 Å². The Kier molecular flexibility index (Phi) is 6.08. The van der Waals surface area contributed by atoms with Crippen molar-refractivity contribution in [1.82, 2.24) is 0 Å². The fourth-order valence-corrected chi connectivity index (χ4v) is 3.80. The number of esters is 1. The van der Waals surface area contributed by atoms with Crippen molar-refractivity contribution in [3.05, 3.63) is 24.3 Å². The molecule has 1 fully saturated rings. The minimum Gasteiger partial charge on any atom is -0.459 e. The van der Waals surface area contributed by atoms with Crippen molar-refractivity contribution >= 4 is 5.97 Å². The van der Waals surface area contributed by atoms with Gasteiger partial charge in [0.25, 0.3) is 0 Å². The Balaban J connectivity index is 1.86. The SMILES string of the molecule is C=C(C)C(=O)OC(CCCCCCC)C1CC2C=CC1C2. The number of hydrogen-bond donors (Lipinski definition) is 0. The maximum atomic E-state index is 11.9. The molecule has 0 saturated heterocycles. The van der Waals surface area contributed by atoms with Crippen LogP contribution >= 0.6 is 0 Å². The molecule has 4 unspecified atom stereocenters. The summed E-state index contributed by atoms with van der Waals surface area (Å²) in [7, 11) is 0. The third kappa shape index (κ3) is 4.46. The van der Waals surface area contributed by atoms with Crippen LogP contribution in [-0.2, 0) is 9.53 Å². The van der Waals surface area contributed by atoms with Gasteiger partial charge >= 0.3 is 5.97 Å². The van der Waals surface area contributed by atoms with E-state index in [1.54, 1.807) is 6.92 Å². The van der Waals surface area contributed by atoms with Crippen LogP contribution in [0, 0.1) is 17.8 Å². The highest BCUT2D eigenvalue weighted by atomic mass is 16.5. The fraction of sp³-hybridized carbons (Fsp3) is 0.737. The first kappa shape index (κ1) is 16.3. The van der Waals surface area contributed by atoms with Crippen molar-refractivity contribution in [3.8, 4) is 0 Å². The molecule has 2 nitrogen and oxygen atoms in total. The largest absolute Gasteiger partial charge is 0.459 e. The Morgan fingerprint density at radius 3 is 2.57 bits per heavy atom. The summed E-state index contributed by atoms with van der Waals surface area (Å²) in [6.07, 6.45) is 14.6. The molecule has 0 N–H and O–H groups in total. The molecule has 2 aliphatic carbocycles. The number of ether oxygens (including phenoxy) is 1. The quantitative estimate of drug-likeness (QED) is 0.257. The summed E-state index contributed by atoms with van der Waals surface area (Å²) in [5.74, 6) is 1.69. The molecule has 0 spiro atoms. The second kappa shape index (κ2) is 7.82. The highest BCUT2D eigenvalue weighted by Crippen LogP contribution is 2.46. The normalized spacial score (nSPS) is 27.8. The van der Waals surface area contributed by atoms with E-state index in [1.165, 1.54) is 44.9 Å². The third-order valence-corrected chi connectivity index (χ3v) is 5.01. The summed E-state index contributed by atoms with van der Waals surface area (Å²) >= 11 is 0. The van der Waals surface area contributed by atoms with E-state index in [9.17, 15) is 4.79 Å². The molecule has 2 heteroatoms. The van der Waals surface area contributed by atoms with E-state index in [4.69, 9.17) is 4.74 Å². The van der Waals surface area contributed by atoms with E-state index in [2.05, 4.69) is 25.7 Å². The summed E-state index contributed by atoms with van der Waals surface area (Å²) in [4.78, 5) is 11.9. The predicted octanol–water partition coefficient (Wildman–Crippen LogP) is 5.05. The lowest BCUT2D eigenvalue weighted by Gasteiger charge is -2.28. The molecule has 21 heavy (non-hydrogen) atoms. The summed E-state index contributed by atoms with van der Waals surface area (Å²) in [6.45, 7) is 7.69. The Morgan fingerprint density at radius 2 is 2.00 bits per heavy atom. The molecule has 4 atom stereocenters. The summed E-state index contributed by atoms with van der Waals surface area (Å²) in [5.41, 5.74) is 0.518. The van der Waals surface area contributed by atoms with E-state index in [-0.39, 0.29) is 12.1 Å². The molecule has 0 radical (unpaired) electrons. The Labute approximate surface area is 129 Å². The van der Waals surface area contributed by atoms with Gasteiger partial charge < -0.3 is 4.74 Å². The molecule has 1 saturated carbocycles. The van der Waals surface area contributed by atoms with E-state index < -0.39 is 0 Å². The highest BCUT2D eigenvalue weighted by Gasteiger charge is 2.41. The highest BCUT2D eigenvalue weighted by molar-refractivity contribution is 5.87. The van der Waals surface area contributed by atoms with Crippen molar-refractivity contribution in [3.63, 3.8) is 0 Å². The first-order chi connectivity index (χ1) is 10.1. The predicted molar refractivity (Wildman–Crippen MR) is 86.9 cm³/mol. The number of allylic oxidation sites excluding steroid dienone is 2. The zero-order valence-corrected chi connectivity index (χ0v) is 13.6. The Bertz CT molecular complexity index is 396. The Morgan fingerprint density at radius 1 is 1.24 bits per heavy atom. The zero-order chi connectivity index (χ0) is 15.2. The van der Waals surface area contributed by atoms with Crippen LogP contribution in [0.3, 0.4) is 0 Å². The Hall–Kier alpha value is -1.05. The van der Waals surface area contributed by atoms with Gasteiger partial charge in [0.15, 0.2) is 0 Å². The maximum absolute atomic E-state index is 11.9. The van der Waals surface area contributed by atoms with Crippen molar-refractivity contribution in [2.45, 2.75) is 71.3 Å². The molecule has 0 aromatic heterocycles. The van der Waals surface area contributed by atoms with Crippen LogP contribution in [0.1, 0.15) is 65.2 Å². The van der Waals surface area contributed by atoms with E-state index >= 15 is 0 Å². The van der Waals surface area contributed by atoms with Crippen molar-refractivity contribution < 1.29 is 9.53 Å². The molecule has 0 aromatic rings. The third-order valence-electron chi connectivity index (χ3n) is 5.01. The number of hydrogen-bond acceptors (Lipinski definition) is 2. The molecule has 2 rings (SSSR count). The van der Waals surface area contributed by atoms with Crippen LogP contribution in [0.2, 0.25) is 0 Å². The smallest absolute Gasteiger partial charge is 0.333 e. The van der Waals surface area contributed by atoms with Gasteiger partial charge in [-0.25, -0.2) is 4.79 Å². The van der Waals surface area contributed by atoms with Crippen molar-refractivity contribution in [1.29, 1.82) is 0 Å². The summed E-state index contributed by atoms with van der Waals surface area (Å²) < 4.78 is 5.78. The van der Waals surface area contributed by atoms with Crippen molar-refractivity contribution in [2.24, 2.45) is 17.8 Å². The monoisotopic (exact) mass is 290 g/mol. The first-order valence-electron chi connectivity index (χ1n) is 8.66. The second-order valence-electron chi connectivity index (χ2n) is 6.87. The lowest BCUT2D eigenvalue weighted by molar-refractivity contribution is -0.148. The number of carbonyl (C=O) groups is 1. The lowest BCUT2D eigenvalue weighted by Crippen LogP contribution is -2.30. The van der Waals surface area contributed by atoms with Gasteiger partial charge in [-0.05, 0) is 44.4 Å². The van der Waals surface area contributed by atoms with E-state index in [0.29, 0.717) is 17.4 Å². The number of rotatable bonds is 9. The lowest BCUT2D eigenvalue weighted by atomic mass is 9.86. The van der Waals surface area contributed by atoms with Crippen LogP contribution in [0.15, 0.2) is 24.3 Å². The fourth-order valence-electron chi connectivity index (χ4n) is 3.80. The molecule has 0 heterocycles. The number of fused-ring (bicyclic) bond motifs is 2. The maximum Gasteiger partial charge on any atom is 0.333 e. The van der Waals surface area contributed by atoms with E-state index in [0.717, 1.165) is 12.3 Å². The van der Waals surface area contributed by atoms with Gasteiger partial charge in [0.05, 0.1) is 0 Å². The minimum atomic E-state index is -0.208. The first-order valence-corrected chi connectivity index (χ1v) is 8.66. The van der Waals surface area contributed by atoms with Crippen LogP contribution in [-0.4, -0.2) is 12.1 Å². The molecule has 2 aliphatic rings. The van der Waals surface area contributed by atoms with Gasteiger partial charge in [-0.1, -0.05) is 51.3 Å². The summed E-state index contributed by atoms with van der Waals surface area (Å²) in [5, 5.41) is 0. The average molecular weight is 290 g/mol. The number of carbonyl (C=O) groups excluding carboxylic acids is 1. The second-order valence-corrected chi connectivity index (χ2v) is 6.87. The topological polar surface area (TPSA) is 26.3 Å². The van der Waals surface area contributed by atoms with Gasteiger partial charge in [-0.3, -0.25) is 0 Å². The number of unbranched alkanes of at least 4 members (excludes halogenated alkanes) is 4. The molecule has 118 valence electrons. The van der Waals surface area contributed by atoms with Crippen LogP contribution in [0.25, 0.3) is 0 Å². The van der Waals surface area contributed by atoms with Gasteiger partial charge in [0, 0.05) is 11.5 Å². The van der Waals surface area contributed by atoms with Gasteiger partial charge in [-0.15, -0.1) is 0 Å². The molecule has 0 amide bonds. The van der Waals surface area contributed by atoms with Gasteiger partial charge in [0.2, 0.25) is 0 Å². The van der Waals surface area contributed by atoms with Gasteiger partial charge in [-0.2, -0.15) is 0 Å². The van der Waals surface area contributed by atoms with Gasteiger partial charge in [0.1, 0.15) is 6.10 Å². The van der Waals surface area contributed by atoms with Crippen LogP contribution < -0.4 is 0 Å². The van der Waals surface area contributed by atoms with Crippen LogP contribution in [0.4, 0.5) is 0 Å².